The van der Waals surface area contributed by atoms with Crippen LogP contribution in [0.25, 0.3) is 10.9 Å². The minimum atomic E-state index is -0.656. The summed E-state index contributed by atoms with van der Waals surface area (Å²) in [5, 5.41) is 0.530. The highest BCUT2D eigenvalue weighted by molar-refractivity contribution is 5.81. The third-order valence-electron chi connectivity index (χ3n) is 4.95. The normalized spacial score (nSPS) is 12.2. The minimum Gasteiger partial charge on any atom is -0.481 e. The van der Waals surface area contributed by atoms with Gasteiger partial charge in [-0.05, 0) is 55.2 Å². The molecular formula is C23H27N3O3. The number of carbonyl (C=O) groups excluding carboxylic acids is 1. The number of H-pyrrole nitrogens is 1. The Bertz CT molecular complexity index is 1090. The summed E-state index contributed by atoms with van der Waals surface area (Å²) < 4.78 is 5.86. The quantitative estimate of drug-likeness (QED) is 0.692. The lowest BCUT2D eigenvalue weighted by atomic mass is 9.98. The Morgan fingerprint density at radius 1 is 1.17 bits per heavy atom. The molecule has 0 radical (unpaired) electrons. The van der Waals surface area contributed by atoms with Gasteiger partial charge in [0.2, 0.25) is 0 Å². The fourth-order valence-corrected chi connectivity index (χ4v) is 3.45. The summed E-state index contributed by atoms with van der Waals surface area (Å²) in [4.78, 5) is 33.7. The van der Waals surface area contributed by atoms with E-state index in [4.69, 9.17) is 4.74 Å². The van der Waals surface area contributed by atoms with Gasteiger partial charge in [-0.25, -0.2) is 4.98 Å². The van der Waals surface area contributed by atoms with Crippen LogP contribution < -0.4 is 10.3 Å². The molecule has 0 fully saturated rings. The Morgan fingerprint density at radius 3 is 2.59 bits per heavy atom. The van der Waals surface area contributed by atoms with Crippen molar-refractivity contribution in [3.8, 4) is 5.75 Å². The fourth-order valence-electron chi connectivity index (χ4n) is 3.45. The number of hydrogen-bond donors (Lipinski definition) is 1. The number of amides is 1. The maximum absolute atomic E-state index is 12.7. The standard InChI is InChI=1S/C23H27N3O3/c1-14(2)18-11-10-17(12-15(18)3)29-16(4)23(28)26(5)13-21-24-20-9-7-6-8-19(20)22(27)25-21/h6-12,14,16H,13H2,1-5H3,(H,24,25,27)/t16-/m0/s1. The zero-order chi connectivity index (χ0) is 21.1. The van der Waals surface area contributed by atoms with E-state index in [1.165, 1.54) is 10.5 Å². The number of rotatable bonds is 6. The summed E-state index contributed by atoms with van der Waals surface area (Å²) >= 11 is 0. The van der Waals surface area contributed by atoms with Gasteiger partial charge in [-0.15, -0.1) is 0 Å². The summed E-state index contributed by atoms with van der Waals surface area (Å²) in [5.41, 5.74) is 2.80. The molecule has 1 N–H and O–H groups in total. The molecule has 0 aliphatic rings. The van der Waals surface area contributed by atoms with E-state index >= 15 is 0 Å². The van der Waals surface area contributed by atoms with Crippen LogP contribution in [0, 0.1) is 6.92 Å². The molecule has 0 unspecified atom stereocenters. The molecule has 3 rings (SSSR count). The topological polar surface area (TPSA) is 75.3 Å². The van der Waals surface area contributed by atoms with E-state index in [0.29, 0.717) is 28.4 Å². The second-order valence-electron chi connectivity index (χ2n) is 7.66. The van der Waals surface area contributed by atoms with E-state index in [2.05, 4.69) is 23.8 Å². The van der Waals surface area contributed by atoms with E-state index in [9.17, 15) is 9.59 Å². The highest BCUT2D eigenvalue weighted by Crippen LogP contribution is 2.24. The average molecular weight is 393 g/mol. The van der Waals surface area contributed by atoms with Gasteiger partial charge in [0.1, 0.15) is 11.6 Å². The van der Waals surface area contributed by atoms with E-state index in [0.717, 1.165) is 5.56 Å². The summed E-state index contributed by atoms with van der Waals surface area (Å²) in [6.07, 6.45) is -0.656. The number of aromatic amines is 1. The SMILES string of the molecule is Cc1cc(O[C@@H](C)C(=O)N(C)Cc2nc3ccccc3c(=O)[nH]2)ccc1C(C)C. The summed E-state index contributed by atoms with van der Waals surface area (Å²) in [6.45, 7) is 8.26. The lowest BCUT2D eigenvalue weighted by Crippen LogP contribution is -2.38. The van der Waals surface area contributed by atoms with E-state index in [1.807, 2.05) is 31.2 Å². The average Bonchev–Trinajstić information content (AvgIpc) is 2.67. The highest BCUT2D eigenvalue weighted by Gasteiger charge is 2.20. The first-order chi connectivity index (χ1) is 13.8. The van der Waals surface area contributed by atoms with Crippen LogP contribution in [0.4, 0.5) is 0 Å². The molecule has 0 aliphatic carbocycles. The molecule has 1 aromatic heterocycles. The zero-order valence-corrected chi connectivity index (χ0v) is 17.5. The van der Waals surface area contributed by atoms with Crippen molar-refractivity contribution in [2.45, 2.75) is 46.3 Å². The molecule has 0 spiro atoms. The van der Waals surface area contributed by atoms with Gasteiger partial charge >= 0.3 is 0 Å². The van der Waals surface area contributed by atoms with Crippen LogP contribution in [0.1, 0.15) is 43.6 Å². The second-order valence-corrected chi connectivity index (χ2v) is 7.66. The lowest BCUT2D eigenvalue weighted by molar-refractivity contribution is -0.137. The van der Waals surface area contributed by atoms with E-state index in [1.54, 1.807) is 32.2 Å². The van der Waals surface area contributed by atoms with Crippen molar-refractivity contribution >= 4 is 16.8 Å². The van der Waals surface area contributed by atoms with Crippen LogP contribution in [0.2, 0.25) is 0 Å². The Morgan fingerprint density at radius 2 is 1.90 bits per heavy atom. The maximum atomic E-state index is 12.7. The number of ether oxygens (including phenoxy) is 1. The number of nitrogens with one attached hydrogen (secondary N) is 1. The predicted molar refractivity (Wildman–Crippen MR) is 114 cm³/mol. The third-order valence-corrected chi connectivity index (χ3v) is 4.95. The van der Waals surface area contributed by atoms with Crippen molar-refractivity contribution in [3.63, 3.8) is 0 Å². The number of nitrogens with zero attached hydrogens (tertiary/aromatic N) is 2. The Kier molecular flexibility index (Phi) is 6.01. The number of likely N-dealkylation sites (N-methyl/N-ethyl adjacent to an activating group) is 1. The van der Waals surface area contributed by atoms with Gasteiger partial charge in [0, 0.05) is 7.05 Å². The Balaban J connectivity index is 1.70. The monoisotopic (exact) mass is 393 g/mol. The molecule has 0 bridgehead atoms. The van der Waals surface area contributed by atoms with Crippen molar-refractivity contribution < 1.29 is 9.53 Å². The third kappa shape index (κ3) is 4.65. The molecule has 6 heteroatoms. The molecule has 0 aliphatic heterocycles. The number of carbonyl (C=O) groups is 1. The minimum absolute atomic E-state index is 0.189. The van der Waals surface area contributed by atoms with Gasteiger partial charge in [-0.2, -0.15) is 0 Å². The van der Waals surface area contributed by atoms with Crippen molar-refractivity contribution in [3.05, 3.63) is 69.8 Å². The maximum Gasteiger partial charge on any atom is 0.263 e. The van der Waals surface area contributed by atoms with Crippen LogP contribution in [-0.4, -0.2) is 33.9 Å². The number of para-hydroxylation sites is 1. The van der Waals surface area contributed by atoms with Crippen LogP contribution in [0.15, 0.2) is 47.3 Å². The largest absolute Gasteiger partial charge is 0.481 e. The van der Waals surface area contributed by atoms with Crippen molar-refractivity contribution in [2.75, 3.05) is 7.05 Å². The van der Waals surface area contributed by atoms with Crippen LogP contribution >= 0.6 is 0 Å². The Labute approximate surface area is 170 Å². The molecular weight excluding hydrogens is 366 g/mol. The molecule has 6 nitrogen and oxygen atoms in total. The number of fused-ring (bicyclic) bond motifs is 1. The zero-order valence-electron chi connectivity index (χ0n) is 17.5. The van der Waals surface area contributed by atoms with Gasteiger partial charge in [0.15, 0.2) is 6.10 Å². The molecule has 1 amide bonds. The molecule has 0 saturated heterocycles. The van der Waals surface area contributed by atoms with E-state index in [-0.39, 0.29) is 18.0 Å². The first-order valence-electron chi connectivity index (χ1n) is 9.76. The molecule has 29 heavy (non-hydrogen) atoms. The smallest absolute Gasteiger partial charge is 0.263 e. The van der Waals surface area contributed by atoms with Gasteiger partial charge in [-0.3, -0.25) is 9.59 Å². The van der Waals surface area contributed by atoms with Crippen LogP contribution in [0.3, 0.4) is 0 Å². The molecule has 2 aromatic carbocycles. The molecule has 1 heterocycles. The second kappa shape index (κ2) is 8.47. The number of aryl methyl sites for hydroxylation is 1. The summed E-state index contributed by atoms with van der Waals surface area (Å²) in [6, 6.07) is 13.0. The number of aromatic nitrogens is 2. The van der Waals surface area contributed by atoms with Gasteiger partial charge in [0.25, 0.3) is 11.5 Å². The van der Waals surface area contributed by atoms with Gasteiger partial charge in [0.05, 0.1) is 17.4 Å². The predicted octanol–water partition coefficient (Wildman–Crippen LogP) is 3.78. The number of hydrogen-bond acceptors (Lipinski definition) is 4. The number of benzene rings is 2. The van der Waals surface area contributed by atoms with Crippen molar-refractivity contribution in [1.29, 1.82) is 0 Å². The molecule has 0 saturated carbocycles. The van der Waals surface area contributed by atoms with Crippen molar-refractivity contribution in [1.82, 2.24) is 14.9 Å². The summed E-state index contributed by atoms with van der Waals surface area (Å²) in [7, 11) is 1.67. The fraction of sp³-hybridized carbons (Fsp3) is 0.348. The van der Waals surface area contributed by atoms with Crippen LogP contribution in [-0.2, 0) is 11.3 Å². The first-order valence-corrected chi connectivity index (χ1v) is 9.76. The van der Waals surface area contributed by atoms with Crippen LogP contribution in [0.5, 0.6) is 5.75 Å². The van der Waals surface area contributed by atoms with Gasteiger partial charge in [-0.1, -0.05) is 32.0 Å². The van der Waals surface area contributed by atoms with Gasteiger partial charge < -0.3 is 14.6 Å². The van der Waals surface area contributed by atoms with E-state index < -0.39 is 6.10 Å². The first kappa shape index (κ1) is 20.6. The molecule has 1 atom stereocenters. The molecule has 152 valence electrons. The lowest BCUT2D eigenvalue weighted by Gasteiger charge is -2.22. The molecule has 3 aromatic rings. The Hall–Kier alpha value is -3.15. The summed E-state index contributed by atoms with van der Waals surface area (Å²) in [5.74, 6) is 1.35. The highest BCUT2D eigenvalue weighted by atomic mass is 16.5. The van der Waals surface area contributed by atoms with Crippen molar-refractivity contribution in [2.24, 2.45) is 0 Å².